The molecule has 0 atom stereocenters. The van der Waals surface area contributed by atoms with E-state index in [0.29, 0.717) is 32.9 Å². The minimum absolute atomic E-state index is 0.113. The molecule has 0 saturated heterocycles. The number of nitrogens with two attached hydrogens (primary N) is 1. The van der Waals surface area contributed by atoms with Crippen molar-refractivity contribution in [2.24, 2.45) is 5.73 Å². The maximum absolute atomic E-state index is 10.9. The molecular weight excluding hydrogens is 172 g/mol. The molecule has 0 aliphatic rings. The predicted molar refractivity (Wildman–Crippen MR) is 49.4 cm³/mol. The fourth-order valence-electron chi connectivity index (χ4n) is 0.694. The van der Waals surface area contributed by atoms with Gasteiger partial charge in [0.15, 0.2) is 0 Å². The molecule has 0 saturated carbocycles. The van der Waals surface area contributed by atoms with Crippen LogP contribution in [0.3, 0.4) is 0 Å². The molecule has 0 bridgehead atoms. The molecule has 13 heavy (non-hydrogen) atoms. The molecule has 78 valence electrons. The van der Waals surface area contributed by atoms with Crippen LogP contribution in [-0.2, 0) is 14.3 Å². The van der Waals surface area contributed by atoms with Gasteiger partial charge in [-0.3, -0.25) is 4.79 Å². The number of carbonyl (C=O) groups is 1. The molecular formula is C8H18N2O3. The zero-order chi connectivity index (χ0) is 9.94. The van der Waals surface area contributed by atoms with E-state index in [1.165, 1.54) is 0 Å². The molecule has 0 heterocycles. The summed E-state index contributed by atoms with van der Waals surface area (Å²) in [5, 5.41) is 2.65. The van der Waals surface area contributed by atoms with Crippen molar-refractivity contribution in [3.8, 4) is 0 Å². The fraction of sp³-hybridized carbons (Fsp3) is 0.875. The molecule has 0 unspecified atom stereocenters. The molecule has 5 nitrogen and oxygen atoms in total. The molecule has 0 aliphatic heterocycles. The molecule has 5 heteroatoms. The van der Waals surface area contributed by atoms with Crippen LogP contribution in [0.1, 0.15) is 6.92 Å². The number of rotatable bonds is 8. The Morgan fingerprint density at radius 3 is 2.77 bits per heavy atom. The van der Waals surface area contributed by atoms with Crippen LogP contribution in [0.2, 0.25) is 0 Å². The van der Waals surface area contributed by atoms with Gasteiger partial charge < -0.3 is 20.5 Å². The third-order valence-electron chi connectivity index (χ3n) is 1.27. The molecule has 1 amide bonds. The van der Waals surface area contributed by atoms with E-state index in [1.807, 2.05) is 6.92 Å². The number of hydrogen-bond donors (Lipinski definition) is 2. The van der Waals surface area contributed by atoms with Crippen LogP contribution >= 0.6 is 0 Å². The normalized spacial score (nSPS) is 10.0. The van der Waals surface area contributed by atoms with Crippen molar-refractivity contribution in [3.63, 3.8) is 0 Å². The highest BCUT2D eigenvalue weighted by Gasteiger charge is 1.98. The van der Waals surface area contributed by atoms with Crippen molar-refractivity contribution < 1.29 is 14.3 Å². The van der Waals surface area contributed by atoms with Crippen LogP contribution in [0, 0.1) is 0 Å². The quantitative estimate of drug-likeness (QED) is 0.487. The topological polar surface area (TPSA) is 73.6 Å². The molecule has 0 spiro atoms. The summed E-state index contributed by atoms with van der Waals surface area (Å²) in [5.41, 5.74) is 5.20. The zero-order valence-corrected chi connectivity index (χ0v) is 8.04. The molecule has 0 aromatic heterocycles. The number of hydrogen-bond acceptors (Lipinski definition) is 4. The van der Waals surface area contributed by atoms with Gasteiger partial charge >= 0.3 is 0 Å². The first-order valence-electron chi connectivity index (χ1n) is 4.43. The van der Waals surface area contributed by atoms with E-state index in [2.05, 4.69) is 5.32 Å². The number of amides is 1. The van der Waals surface area contributed by atoms with E-state index in [0.717, 1.165) is 0 Å². The van der Waals surface area contributed by atoms with Crippen LogP contribution < -0.4 is 11.1 Å². The van der Waals surface area contributed by atoms with E-state index < -0.39 is 0 Å². The lowest BCUT2D eigenvalue weighted by molar-refractivity contribution is -0.125. The summed E-state index contributed by atoms with van der Waals surface area (Å²) in [5.74, 6) is -0.113. The average molecular weight is 190 g/mol. The summed E-state index contributed by atoms with van der Waals surface area (Å²) in [4.78, 5) is 10.9. The van der Waals surface area contributed by atoms with Crippen molar-refractivity contribution in [1.29, 1.82) is 0 Å². The molecule has 3 N–H and O–H groups in total. The number of nitrogens with one attached hydrogen (secondary N) is 1. The Hall–Kier alpha value is -0.650. The van der Waals surface area contributed by atoms with Gasteiger partial charge in [0.05, 0.1) is 13.2 Å². The van der Waals surface area contributed by atoms with E-state index >= 15 is 0 Å². The maximum atomic E-state index is 10.9. The van der Waals surface area contributed by atoms with Crippen LogP contribution in [0.5, 0.6) is 0 Å². The van der Waals surface area contributed by atoms with E-state index in [9.17, 15) is 4.79 Å². The average Bonchev–Trinajstić information content (AvgIpc) is 2.14. The largest absolute Gasteiger partial charge is 0.378 e. The van der Waals surface area contributed by atoms with E-state index in [4.69, 9.17) is 15.2 Å². The number of carbonyl (C=O) groups excluding carboxylic acids is 1. The molecule has 0 rings (SSSR count). The van der Waals surface area contributed by atoms with Crippen molar-refractivity contribution in [1.82, 2.24) is 5.32 Å². The minimum atomic E-state index is -0.113. The van der Waals surface area contributed by atoms with Crippen molar-refractivity contribution in [2.45, 2.75) is 6.92 Å². The van der Waals surface area contributed by atoms with Crippen molar-refractivity contribution in [2.75, 3.05) is 39.5 Å². The van der Waals surface area contributed by atoms with Crippen LogP contribution in [0.25, 0.3) is 0 Å². The van der Waals surface area contributed by atoms with Crippen molar-refractivity contribution >= 4 is 5.91 Å². The maximum Gasteiger partial charge on any atom is 0.246 e. The first-order valence-corrected chi connectivity index (χ1v) is 4.43. The van der Waals surface area contributed by atoms with Crippen LogP contribution in [0.15, 0.2) is 0 Å². The summed E-state index contributed by atoms with van der Waals surface area (Å²) >= 11 is 0. The smallest absolute Gasteiger partial charge is 0.246 e. The van der Waals surface area contributed by atoms with Gasteiger partial charge in [-0.15, -0.1) is 0 Å². The fourth-order valence-corrected chi connectivity index (χ4v) is 0.694. The second-order valence-corrected chi connectivity index (χ2v) is 2.39. The van der Waals surface area contributed by atoms with Crippen LogP contribution in [0.4, 0.5) is 0 Å². The molecule has 0 aromatic rings. The highest BCUT2D eigenvalue weighted by Crippen LogP contribution is 1.75. The van der Waals surface area contributed by atoms with Gasteiger partial charge in [0.25, 0.3) is 0 Å². The summed E-state index contributed by atoms with van der Waals surface area (Å²) < 4.78 is 9.96. The second kappa shape index (κ2) is 9.44. The Morgan fingerprint density at radius 1 is 1.38 bits per heavy atom. The summed E-state index contributed by atoms with van der Waals surface area (Å²) in [6, 6.07) is 0. The third kappa shape index (κ3) is 9.26. The summed E-state index contributed by atoms with van der Waals surface area (Å²) in [7, 11) is 0. The van der Waals surface area contributed by atoms with Gasteiger partial charge in [0.1, 0.15) is 6.61 Å². The van der Waals surface area contributed by atoms with E-state index in [-0.39, 0.29) is 12.5 Å². The first kappa shape index (κ1) is 12.3. The molecule has 0 fully saturated rings. The van der Waals surface area contributed by atoms with Gasteiger partial charge in [0.2, 0.25) is 5.91 Å². The van der Waals surface area contributed by atoms with E-state index in [1.54, 1.807) is 0 Å². The number of ether oxygens (including phenoxy) is 2. The Balaban J connectivity index is 3.08. The standard InChI is InChI=1S/C8H18N2O3/c1-2-12-7-8(11)10-4-6-13-5-3-9/h2-7,9H2,1H3,(H,10,11). The van der Waals surface area contributed by atoms with Gasteiger partial charge in [-0.05, 0) is 6.92 Å². The minimum Gasteiger partial charge on any atom is -0.378 e. The van der Waals surface area contributed by atoms with Gasteiger partial charge in [-0.25, -0.2) is 0 Å². The second-order valence-electron chi connectivity index (χ2n) is 2.39. The SMILES string of the molecule is CCOCC(=O)NCCOCCN. The van der Waals surface area contributed by atoms with Gasteiger partial charge in [-0.2, -0.15) is 0 Å². The highest BCUT2D eigenvalue weighted by molar-refractivity contribution is 5.77. The Kier molecular flexibility index (Phi) is 8.97. The van der Waals surface area contributed by atoms with Crippen LogP contribution in [-0.4, -0.2) is 45.4 Å². The highest BCUT2D eigenvalue weighted by atomic mass is 16.5. The Bertz CT molecular complexity index is 131. The monoisotopic (exact) mass is 190 g/mol. The lowest BCUT2D eigenvalue weighted by Gasteiger charge is -2.05. The first-order chi connectivity index (χ1) is 6.31. The molecule has 0 aliphatic carbocycles. The van der Waals surface area contributed by atoms with Crippen molar-refractivity contribution in [3.05, 3.63) is 0 Å². The lowest BCUT2D eigenvalue weighted by Crippen LogP contribution is -2.31. The molecule has 0 radical (unpaired) electrons. The third-order valence-corrected chi connectivity index (χ3v) is 1.27. The predicted octanol–water partition coefficient (Wildman–Crippen LogP) is -0.886. The molecule has 0 aromatic carbocycles. The summed E-state index contributed by atoms with van der Waals surface area (Å²) in [6.07, 6.45) is 0. The Morgan fingerprint density at radius 2 is 2.15 bits per heavy atom. The Labute approximate surface area is 78.6 Å². The lowest BCUT2D eigenvalue weighted by atomic mass is 10.6. The van der Waals surface area contributed by atoms with Gasteiger partial charge in [0, 0.05) is 19.7 Å². The zero-order valence-electron chi connectivity index (χ0n) is 8.04. The summed E-state index contributed by atoms with van der Waals surface area (Å²) in [6.45, 7) is 4.55. The van der Waals surface area contributed by atoms with Gasteiger partial charge in [-0.1, -0.05) is 0 Å².